The van der Waals surface area contributed by atoms with Gasteiger partial charge < -0.3 is 15.1 Å². The molecule has 5 rings (SSSR count). The fourth-order valence-corrected chi connectivity index (χ4v) is 7.09. The van der Waals surface area contributed by atoms with Gasteiger partial charge in [-0.05, 0) is 80.2 Å². The second-order valence-electron chi connectivity index (χ2n) is 11.3. The van der Waals surface area contributed by atoms with Gasteiger partial charge in [-0.3, -0.25) is 24.5 Å². The van der Waals surface area contributed by atoms with Gasteiger partial charge in [-0.1, -0.05) is 30.2 Å². The number of benzene rings is 2. The normalized spacial score (nSPS) is 22.4. The molecule has 2 aliphatic heterocycles. The third-order valence-electron chi connectivity index (χ3n) is 8.33. The van der Waals surface area contributed by atoms with Crippen LogP contribution in [0.4, 0.5) is 0 Å². The van der Waals surface area contributed by atoms with Gasteiger partial charge in [0.05, 0.1) is 6.04 Å². The first-order valence-electron chi connectivity index (χ1n) is 13.6. The van der Waals surface area contributed by atoms with Gasteiger partial charge in [0.1, 0.15) is 0 Å². The van der Waals surface area contributed by atoms with Crippen LogP contribution in [-0.2, 0) is 22.7 Å². The first kappa shape index (κ1) is 27.5. The van der Waals surface area contributed by atoms with E-state index in [4.69, 9.17) is 11.6 Å². The molecule has 4 amide bonds. The Kier molecular flexibility index (Phi) is 7.93. The molecule has 8 nitrogen and oxygen atoms in total. The molecule has 3 atom stereocenters. The lowest BCUT2D eigenvalue weighted by atomic mass is 9.77. The molecule has 2 aromatic rings. The second-order valence-corrected chi connectivity index (χ2v) is 13.0. The zero-order chi connectivity index (χ0) is 27.8. The molecular weight excluding hydrogens is 532 g/mol. The van der Waals surface area contributed by atoms with Crippen molar-refractivity contribution in [2.75, 3.05) is 14.1 Å². The maximum Gasteiger partial charge on any atom is 0.254 e. The van der Waals surface area contributed by atoms with E-state index in [1.54, 1.807) is 23.1 Å². The highest BCUT2D eigenvalue weighted by atomic mass is 35.5. The highest BCUT2D eigenvalue weighted by molar-refractivity contribution is 6.31. The molecule has 2 heterocycles. The number of halogens is 1. The Bertz CT molecular complexity index is 1330. The van der Waals surface area contributed by atoms with Crippen LogP contribution in [0.2, 0.25) is 10.6 Å². The summed E-state index contributed by atoms with van der Waals surface area (Å²) in [5, 5.41) is 6.32. The SMILES string of the molecule is CN(C)Cc1ccc([C@@H](NC(=O)c2ccc3c(c2)CN([C@H]2CCC(=O)NC(=O)C2[SiH3])C3=O)C2CCC2)c(Cl)c1. The maximum absolute atomic E-state index is 13.5. The highest BCUT2D eigenvalue weighted by Crippen LogP contribution is 2.40. The van der Waals surface area contributed by atoms with Crippen molar-refractivity contribution in [1.29, 1.82) is 0 Å². The molecule has 0 spiro atoms. The van der Waals surface area contributed by atoms with Gasteiger partial charge >= 0.3 is 0 Å². The standard InChI is InChI=1S/C29H35ClN4O4Si/c1-33(2)14-16-6-8-21(22(30)12-16)25(17-4-3-5-17)32-27(36)18-7-9-20-19(13-18)15-34(29(20)38)23-10-11-24(35)31-28(37)26(23)39/h6-9,12-13,17,23,25-26H,3-5,10-11,14-15H2,1-2,39H3,(H,32,36)(H,31,35,37)/t23-,25-,26?/m0/s1. The van der Waals surface area contributed by atoms with Gasteiger partial charge in [0.2, 0.25) is 11.8 Å². The number of nitrogens with zero attached hydrogens (tertiary/aromatic N) is 2. The van der Waals surface area contributed by atoms with Crippen LogP contribution in [0.25, 0.3) is 0 Å². The molecule has 0 radical (unpaired) electrons. The Labute approximate surface area is 236 Å². The molecule has 2 N–H and O–H groups in total. The van der Waals surface area contributed by atoms with Crippen LogP contribution >= 0.6 is 11.6 Å². The van der Waals surface area contributed by atoms with Crippen LogP contribution in [0, 0.1) is 5.92 Å². The topological polar surface area (TPSA) is 98.8 Å². The van der Waals surface area contributed by atoms with Crippen molar-refractivity contribution in [2.24, 2.45) is 5.92 Å². The van der Waals surface area contributed by atoms with Crippen LogP contribution in [0.3, 0.4) is 0 Å². The van der Waals surface area contributed by atoms with Crippen LogP contribution < -0.4 is 10.6 Å². The highest BCUT2D eigenvalue weighted by Gasteiger charge is 2.40. The number of amides is 4. The number of fused-ring (bicyclic) bond motifs is 1. The summed E-state index contributed by atoms with van der Waals surface area (Å²) >= 11 is 6.73. The molecule has 3 aliphatic rings. The third kappa shape index (κ3) is 5.66. The quantitative estimate of drug-likeness (QED) is 0.396. The summed E-state index contributed by atoms with van der Waals surface area (Å²) in [6.07, 6.45) is 3.87. The van der Waals surface area contributed by atoms with Crippen molar-refractivity contribution in [1.82, 2.24) is 20.4 Å². The van der Waals surface area contributed by atoms with Crippen molar-refractivity contribution >= 4 is 45.5 Å². The predicted molar refractivity (Wildman–Crippen MR) is 153 cm³/mol. The molecule has 0 bridgehead atoms. The number of hydrogen-bond acceptors (Lipinski definition) is 5. The number of imide groups is 1. The third-order valence-corrected chi connectivity index (χ3v) is 9.95. The van der Waals surface area contributed by atoms with E-state index in [0.29, 0.717) is 45.3 Å². The van der Waals surface area contributed by atoms with Crippen LogP contribution in [0.15, 0.2) is 36.4 Å². The van der Waals surface area contributed by atoms with Crippen molar-refractivity contribution < 1.29 is 19.2 Å². The van der Waals surface area contributed by atoms with Crippen molar-refractivity contribution in [2.45, 2.75) is 62.8 Å². The van der Waals surface area contributed by atoms with Gasteiger partial charge in [-0.15, -0.1) is 0 Å². The minimum atomic E-state index is -0.366. The average Bonchev–Trinajstić information content (AvgIpc) is 3.10. The van der Waals surface area contributed by atoms with Crippen molar-refractivity contribution in [3.63, 3.8) is 0 Å². The number of rotatable bonds is 7. The van der Waals surface area contributed by atoms with Crippen LogP contribution in [-0.4, -0.2) is 63.8 Å². The van der Waals surface area contributed by atoms with E-state index in [-0.39, 0.29) is 47.7 Å². The summed E-state index contributed by atoms with van der Waals surface area (Å²) in [7, 11) is 4.56. The number of nitrogens with one attached hydrogen (secondary N) is 2. The first-order valence-corrected chi connectivity index (χ1v) is 15.2. The molecule has 1 aliphatic carbocycles. The minimum Gasteiger partial charge on any atom is -0.345 e. The smallest absolute Gasteiger partial charge is 0.254 e. The second kappa shape index (κ2) is 11.2. The predicted octanol–water partition coefficient (Wildman–Crippen LogP) is 2.59. The zero-order valence-electron chi connectivity index (χ0n) is 22.6. The Morgan fingerprint density at radius 2 is 1.92 bits per heavy atom. The molecule has 10 heteroatoms. The van der Waals surface area contributed by atoms with Crippen molar-refractivity contribution in [3.8, 4) is 0 Å². The summed E-state index contributed by atoms with van der Waals surface area (Å²) in [5.41, 5.74) is 3.49. The lowest BCUT2D eigenvalue weighted by Crippen LogP contribution is -2.42. The van der Waals surface area contributed by atoms with Crippen LogP contribution in [0.1, 0.15) is 75.6 Å². The Morgan fingerprint density at radius 1 is 1.15 bits per heavy atom. The van der Waals surface area contributed by atoms with E-state index in [1.807, 2.05) is 26.2 Å². The Morgan fingerprint density at radius 3 is 2.59 bits per heavy atom. The fraction of sp³-hybridized carbons (Fsp3) is 0.448. The molecule has 1 saturated heterocycles. The molecule has 206 valence electrons. The van der Waals surface area contributed by atoms with Crippen molar-refractivity contribution in [3.05, 3.63) is 69.2 Å². The molecule has 1 unspecified atom stereocenters. The summed E-state index contributed by atoms with van der Waals surface area (Å²) < 4.78 is 0. The largest absolute Gasteiger partial charge is 0.345 e. The lowest BCUT2D eigenvalue weighted by Gasteiger charge is -2.35. The summed E-state index contributed by atoms with van der Waals surface area (Å²) in [6, 6.07) is 10.8. The lowest BCUT2D eigenvalue weighted by molar-refractivity contribution is -0.129. The van der Waals surface area contributed by atoms with E-state index < -0.39 is 0 Å². The minimum absolute atomic E-state index is 0.151. The van der Waals surface area contributed by atoms with Gasteiger partial charge in [-0.25, -0.2) is 0 Å². The summed E-state index contributed by atoms with van der Waals surface area (Å²) in [4.78, 5) is 54.8. The zero-order valence-corrected chi connectivity index (χ0v) is 25.4. The van der Waals surface area contributed by atoms with E-state index in [1.165, 1.54) is 0 Å². The molecule has 39 heavy (non-hydrogen) atoms. The van der Waals surface area contributed by atoms with Gasteiger partial charge in [-0.2, -0.15) is 0 Å². The van der Waals surface area contributed by atoms with Crippen LogP contribution in [0.5, 0.6) is 0 Å². The van der Waals surface area contributed by atoms with Gasteiger partial charge in [0, 0.05) is 57.5 Å². The maximum atomic E-state index is 13.5. The molecular formula is C29H35ClN4O4Si. The molecule has 2 fully saturated rings. The Balaban J connectivity index is 1.34. The van der Waals surface area contributed by atoms with E-state index >= 15 is 0 Å². The van der Waals surface area contributed by atoms with Gasteiger partial charge in [0.15, 0.2) is 0 Å². The van der Waals surface area contributed by atoms with E-state index in [0.717, 1.165) is 42.5 Å². The molecule has 1 saturated carbocycles. The molecule has 2 aromatic carbocycles. The fourth-order valence-electron chi connectivity index (χ4n) is 5.93. The Hall–Kier alpha value is -3.01. The number of hydrogen-bond donors (Lipinski definition) is 2. The number of carbonyl (C=O) groups excluding carboxylic acids is 4. The summed E-state index contributed by atoms with van der Waals surface area (Å²) in [5.74, 6) is -0.614. The first-order chi connectivity index (χ1) is 18.6. The van der Waals surface area contributed by atoms with Gasteiger partial charge in [0.25, 0.3) is 11.8 Å². The van der Waals surface area contributed by atoms with E-state index in [9.17, 15) is 19.2 Å². The average molecular weight is 567 g/mol. The summed E-state index contributed by atoms with van der Waals surface area (Å²) in [6.45, 7) is 1.11. The van der Waals surface area contributed by atoms with E-state index in [2.05, 4.69) is 21.6 Å². The number of carbonyl (C=O) groups is 4. The molecule has 0 aromatic heterocycles. The monoisotopic (exact) mass is 566 g/mol.